The van der Waals surface area contributed by atoms with E-state index >= 15 is 0 Å². The first-order valence-electron chi connectivity index (χ1n) is 7.92. The van der Waals surface area contributed by atoms with Crippen LogP contribution in [0.3, 0.4) is 0 Å². The Morgan fingerprint density at radius 1 is 0.920 bits per heavy atom. The highest BCUT2D eigenvalue weighted by molar-refractivity contribution is 5.92. The van der Waals surface area contributed by atoms with E-state index in [1.165, 1.54) is 6.92 Å². The predicted molar refractivity (Wildman–Crippen MR) is 90.4 cm³/mol. The van der Waals surface area contributed by atoms with Gasteiger partial charge >= 0.3 is 12.1 Å². The molecule has 0 unspecified atom stereocenters. The van der Waals surface area contributed by atoms with Gasteiger partial charge < -0.3 is 25.8 Å². The second-order valence-corrected chi connectivity index (χ2v) is 7.62. The fourth-order valence-electron chi connectivity index (χ4n) is 1.59. The van der Waals surface area contributed by atoms with Gasteiger partial charge in [0.25, 0.3) is 0 Å². The minimum Gasteiger partial charge on any atom is -0.460 e. The van der Waals surface area contributed by atoms with Crippen LogP contribution in [0, 0.1) is 0 Å². The van der Waals surface area contributed by atoms with Crippen LogP contribution in [-0.2, 0) is 23.9 Å². The monoisotopic (exact) mass is 359 g/mol. The van der Waals surface area contributed by atoms with Gasteiger partial charge in [0.05, 0.1) is 6.42 Å². The lowest BCUT2D eigenvalue weighted by molar-refractivity contribution is -0.156. The molecule has 0 spiro atoms. The lowest BCUT2D eigenvalue weighted by Crippen LogP contribution is -2.53. The number of rotatable bonds is 6. The minimum atomic E-state index is -1.27. The molecule has 2 atom stereocenters. The Balaban J connectivity index is 5.10. The predicted octanol–water partition coefficient (Wildman–Crippen LogP) is 0.601. The van der Waals surface area contributed by atoms with E-state index in [2.05, 4.69) is 10.6 Å². The largest absolute Gasteiger partial charge is 0.460 e. The molecule has 0 radical (unpaired) electrons. The summed E-state index contributed by atoms with van der Waals surface area (Å²) in [6, 6.07) is -2.24. The number of primary amides is 1. The number of carbonyl (C=O) groups excluding carboxylic acids is 4. The Hall–Kier alpha value is -2.32. The van der Waals surface area contributed by atoms with Gasteiger partial charge in [0.15, 0.2) is 0 Å². The van der Waals surface area contributed by atoms with E-state index in [0.717, 1.165) is 0 Å². The molecule has 9 heteroatoms. The molecule has 0 aliphatic rings. The summed E-state index contributed by atoms with van der Waals surface area (Å²) in [6.07, 6.45) is -1.30. The number of nitrogens with one attached hydrogen (secondary N) is 2. The zero-order valence-electron chi connectivity index (χ0n) is 15.9. The first kappa shape index (κ1) is 22.7. The van der Waals surface area contributed by atoms with Crippen molar-refractivity contribution in [2.45, 2.75) is 78.2 Å². The number of esters is 1. The summed E-state index contributed by atoms with van der Waals surface area (Å²) < 4.78 is 10.2. The highest BCUT2D eigenvalue weighted by Crippen LogP contribution is 2.11. The molecule has 25 heavy (non-hydrogen) atoms. The second kappa shape index (κ2) is 8.68. The molecule has 4 N–H and O–H groups in total. The topological polar surface area (TPSA) is 137 Å². The van der Waals surface area contributed by atoms with Gasteiger partial charge in [-0.2, -0.15) is 0 Å². The van der Waals surface area contributed by atoms with Gasteiger partial charge in [-0.05, 0) is 48.5 Å². The molecule has 0 aromatic rings. The molecular formula is C16H29N3O6. The fraction of sp³-hybridized carbons (Fsp3) is 0.750. The third kappa shape index (κ3) is 11.0. The van der Waals surface area contributed by atoms with Crippen LogP contribution in [-0.4, -0.2) is 47.2 Å². The summed E-state index contributed by atoms with van der Waals surface area (Å²) in [5, 5.41) is 4.63. The van der Waals surface area contributed by atoms with Gasteiger partial charge in [0.1, 0.15) is 23.3 Å². The molecule has 0 saturated carbocycles. The SMILES string of the molecule is C[C@H](NC(=O)[C@H](CC(=O)OC(C)(C)C)NC(=O)OC(C)(C)C)C(N)=O. The number of nitrogens with two attached hydrogens (primary N) is 1. The smallest absolute Gasteiger partial charge is 0.408 e. The summed E-state index contributed by atoms with van der Waals surface area (Å²) in [4.78, 5) is 47.2. The van der Waals surface area contributed by atoms with Gasteiger partial charge in [0.2, 0.25) is 11.8 Å². The lowest BCUT2D eigenvalue weighted by atomic mass is 10.1. The Bertz CT molecular complexity index is 489. The number of carbonyl (C=O) groups is 4. The van der Waals surface area contributed by atoms with Crippen molar-refractivity contribution in [1.29, 1.82) is 0 Å². The van der Waals surface area contributed by atoms with Crippen LogP contribution in [0.15, 0.2) is 0 Å². The zero-order chi connectivity index (χ0) is 20.0. The molecule has 0 saturated heterocycles. The molecule has 9 nitrogen and oxygen atoms in total. The van der Waals surface area contributed by atoms with Crippen LogP contribution in [0.4, 0.5) is 4.79 Å². The normalized spacial score (nSPS) is 14.0. The molecule has 0 rings (SSSR count). The molecule has 0 aliphatic carbocycles. The fourth-order valence-corrected chi connectivity index (χ4v) is 1.59. The molecule has 0 fully saturated rings. The van der Waals surface area contributed by atoms with Crippen molar-refractivity contribution in [3.63, 3.8) is 0 Å². The van der Waals surface area contributed by atoms with Crippen molar-refractivity contribution in [3.8, 4) is 0 Å². The van der Waals surface area contributed by atoms with Gasteiger partial charge in [-0.1, -0.05) is 0 Å². The van der Waals surface area contributed by atoms with Crippen LogP contribution in [0.2, 0.25) is 0 Å². The minimum absolute atomic E-state index is 0.423. The highest BCUT2D eigenvalue weighted by Gasteiger charge is 2.30. The molecule has 0 aromatic heterocycles. The number of hydrogen-bond donors (Lipinski definition) is 3. The lowest BCUT2D eigenvalue weighted by Gasteiger charge is -2.25. The van der Waals surface area contributed by atoms with Crippen LogP contribution >= 0.6 is 0 Å². The highest BCUT2D eigenvalue weighted by atomic mass is 16.6. The number of amides is 3. The van der Waals surface area contributed by atoms with E-state index < -0.39 is 53.6 Å². The van der Waals surface area contributed by atoms with Gasteiger partial charge in [-0.3, -0.25) is 14.4 Å². The van der Waals surface area contributed by atoms with Crippen LogP contribution in [0.25, 0.3) is 0 Å². The maximum atomic E-state index is 12.3. The zero-order valence-corrected chi connectivity index (χ0v) is 15.9. The van der Waals surface area contributed by atoms with E-state index in [0.29, 0.717) is 0 Å². The average Bonchev–Trinajstić information content (AvgIpc) is 2.32. The molecule has 3 amide bonds. The maximum absolute atomic E-state index is 12.3. The van der Waals surface area contributed by atoms with E-state index in [9.17, 15) is 19.2 Å². The molecule has 0 aliphatic heterocycles. The van der Waals surface area contributed by atoms with Crippen molar-refractivity contribution in [3.05, 3.63) is 0 Å². The van der Waals surface area contributed by atoms with E-state index in [1.54, 1.807) is 41.5 Å². The number of hydrogen-bond acceptors (Lipinski definition) is 6. The number of ether oxygens (including phenoxy) is 2. The van der Waals surface area contributed by atoms with Gasteiger partial charge in [-0.15, -0.1) is 0 Å². The molecule has 0 aromatic carbocycles. The molecule has 0 bridgehead atoms. The standard InChI is InChI=1S/C16H29N3O6/c1-9(12(17)21)18-13(22)10(8-11(20)24-15(2,3)4)19-14(23)25-16(5,6)7/h9-10H,8H2,1-7H3,(H2,17,21)(H,18,22)(H,19,23)/t9-,10-/m0/s1. The summed E-state index contributed by atoms with van der Waals surface area (Å²) >= 11 is 0. The molecular weight excluding hydrogens is 330 g/mol. The average molecular weight is 359 g/mol. The second-order valence-electron chi connectivity index (χ2n) is 7.62. The van der Waals surface area contributed by atoms with Crippen molar-refractivity contribution < 1.29 is 28.7 Å². The van der Waals surface area contributed by atoms with Crippen molar-refractivity contribution >= 4 is 23.9 Å². The maximum Gasteiger partial charge on any atom is 0.408 e. The Kier molecular flexibility index (Phi) is 7.88. The third-order valence-electron chi connectivity index (χ3n) is 2.58. The van der Waals surface area contributed by atoms with Crippen LogP contribution in [0.1, 0.15) is 54.9 Å². The summed E-state index contributed by atoms with van der Waals surface area (Å²) in [7, 11) is 0. The summed E-state index contributed by atoms with van der Waals surface area (Å²) in [5.74, 6) is -2.18. The Morgan fingerprint density at radius 3 is 1.80 bits per heavy atom. The quantitative estimate of drug-likeness (QED) is 0.594. The number of alkyl carbamates (subject to hydrolysis) is 1. The summed E-state index contributed by atoms with van der Waals surface area (Å²) in [5.41, 5.74) is 3.57. The van der Waals surface area contributed by atoms with Crippen LogP contribution < -0.4 is 16.4 Å². The Morgan fingerprint density at radius 2 is 1.40 bits per heavy atom. The van der Waals surface area contributed by atoms with E-state index in [1.807, 2.05) is 0 Å². The first-order chi connectivity index (χ1) is 11.1. The molecule has 144 valence electrons. The van der Waals surface area contributed by atoms with E-state index in [4.69, 9.17) is 15.2 Å². The van der Waals surface area contributed by atoms with Crippen LogP contribution in [0.5, 0.6) is 0 Å². The summed E-state index contributed by atoms with van der Waals surface area (Å²) in [6.45, 7) is 11.4. The van der Waals surface area contributed by atoms with Crippen molar-refractivity contribution in [1.82, 2.24) is 10.6 Å². The van der Waals surface area contributed by atoms with E-state index in [-0.39, 0.29) is 0 Å². The van der Waals surface area contributed by atoms with Gasteiger partial charge in [0, 0.05) is 0 Å². The molecule has 0 heterocycles. The van der Waals surface area contributed by atoms with Crippen molar-refractivity contribution in [2.75, 3.05) is 0 Å². The van der Waals surface area contributed by atoms with Crippen molar-refractivity contribution in [2.24, 2.45) is 5.73 Å². The van der Waals surface area contributed by atoms with Gasteiger partial charge in [-0.25, -0.2) is 4.79 Å². The Labute approximate surface area is 148 Å². The third-order valence-corrected chi connectivity index (χ3v) is 2.58. The first-order valence-corrected chi connectivity index (χ1v) is 7.92.